The van der Waals surface area contributed by atoms with Crippen molar-refractivity contribution in [2.24, 2.45) is 11.8 Å². The fraction of sp³-hybridized carbons (Fsp3) is 0.700. The van der Waals surface area contributed by atoms with Crippen molar-refractivity contribution in [2.75, 3.05) is 6.54 Å². The van der Waals surface area contributed by atoms with Crippen LogP contribution in [0.2, 0.25) is 0 Å². The van der Waals surface area contributed by atoms with Crippen molar-refractivity contribution in [3.8, 4) is 0 Å². The molecule has 0 aliphatic rings. The Labute approximate surface area is 132 Å². The molecule has 0 fully saturated rings. The molecule has 0 heterocycles. The van der Waals surface area contributed by atoms with E-state index in [1.54, 1.807) is 0 Å². The Kier molecular flexibility index (Phi) is 7.45. The van der Waals surface area contributed by atoms with Gasteiger partial charge in [-0.2, -0.15) is 0 Å². The topological polar surface area (TPSA) is 12.0 Å². The average molecular weight is 290 g/mol. The Morgan fingerprint density at radius 1 is 1.19 bits per heavy atom. The highest BCUT2D eigenvalue weighted by Gasteiger charge is 2.17. The predicted octanol–water partition coefficient (Wildman–Crippen LogP) is 5.37. The van der Waals surface area contributed by atoms with Crippen LogP contribution in [0.3, 0.4) is 0 Å². The first-order valence-corrected chi connectivity index (χ1v) is 8.60. The SMILES string of the molecule is CCCC(C)CC(CNC(C)(C)C)Cc1cccc(C)c1. The molecule has 0 radical (unpaired) electrons. The van der Waals surface area contributed by atoms with Gasteiger partial charge in [-0.05, 0) is 64.5 Å². The number of hydrogen-bond donors (Lipinski definition) is 1. The summed E-state index contributed by atoms with van der Waals surface area (Å²) in [6.45, 7) is 14.8. The summed E-state index contributed by atoms with van der Waals surface area (Å²) in [6.07, 6.45) is 5.16. The lowest BCUT2D eigenvalue weighted by atomic mass is 9.87. The maximum Gasteiger partial charge on any atom is 0.00966 e. The van der Waals surface area contributed by atoms with E-state index in [-0.39, 0.29) is 5.54 Å². The maximum atomic E-state index is 3.70. The van der Waals surface area contributed by atoms with Gasteiger partial charge in [0.05, 0.1) is 0 Å². The molecule has 0 aliphatic heterocycles. The normalized spacial score (nSPS) is 15.0. The van der Waals surface area contributed by atoms with Gasteiger partial charge in [-0.3, -0.25) is 0 Å². The molecule has 1 heteroatoms. The molecule has 1 aromatic rings. The zero-order valence-corrected chi connectivity index (χ0v) is 15.0. The van der Waals surface area contributed by atoms with Crippen molar-refractivity contribution < 1.29 is 0 Å². The molecule has 0 aromatic heterocycles. The standard InChI is InChI=1S/C20H35N/c1-7-9-16(2)13-19(15-21-20(4,5)6)14-18-11-8-10-17(3)12-18/h8,10-12,16,19,21H,7,9,13-15H2,1-6H3. The van der Waals surface area contributed by atoms with Gasteiger partial charge in [-0.1, -0.05) is 56.5 Å². The smallest absolute Gasteiger partial charge is 0.00966 e. The van der Waals surface area contributed by atoms with E-state index in [0.29, 0.717) is 0 Å². The lowest BCUT2D eigenvalue weighted by Gasteiger charge is -2.27. The average Bonchev–Trinajstić information content (AvgIpc) is 2.35. The molecule has 0 spiro atoms. The first-order valence-electron chi connectivity index (χ1n) is 8.60. The molecule has 2 atom stereocenters. The van der Waals surface area contributed by atoms with Gasteiger partial charge in [0.15, 0.2) is 0 Å². The van der Waals surface area contributed by atoms with E-state index < -0.39 is 0 Å². The Morgan fingerprint density at radius 3 is 2.48 bits per heavy atom. The van der Waals surface area contributed by atoms with Crippen LogP contribution >= 0.6 is 0 Å². The van der Waals surface area contributed by atoms with E-state index >= 15 is 0 Å². The van der Waals surface area contributed by atoms with Gasteiger partial charge >= 0.3 is 0 Å². The van der Waals surface area contributed by atoms with Crippen LogP contribution in [0, 0.1) is 18.8 Å². The number of hydrogen-bond acceptors (Lipinski definition) is 1. The number of aryl methyl sites for hydroxylation is 1. The van der Waals surface area contributed by atoms with E-state index in [9.17, 15) is 0 Å². The third kappa shape index (κ3) is 8.26. The molecule has 0 amide bonds. The molecule has 1 N–H and O–H groups in total. The first-order chi connectivity index (χ1) is 9.80. The molecule has 1 nitrogen and oxygen atoms in total. The minimum atomic E-state index is 0.207. The second-order valence-corrected chi connectivity index (χ2v) is 7.82. The Balaban J connectivity index is 2.66. The monoisotopic (exact) mass is 289 g/mol. The largest absolute Gasteiger partial charge is 0.312 e. The third-order valence-electron chi connectivity index (χ3n) is 4.05. The van der Waals surface area contributed by atoms with E-state index in [2.05, 4.69) is 71.1 Å². The highest BCUT2D eigenvalue weighted by molar-refractivity contribution is 5.22. The van der Waals surface area contributed by atoms with Gasteiger partial charge in [0.1, 0.15) is 0 Å². The molecule has 0 bridgehead atoms. The van der Waals surface area contributed by atoms with Crippen LogP contribution in [0.1, 0.15) is 65.0 Å². The summed E-state index contributed by atoms with van der Waals surface area (Å²) in [4.78, 5) is 0. The summed E-state index contributed by atoms with van der Waals surface area (Å²) >= 11 is 0. The molecule has 0 saturated heterocycles. The molecule has 0 aliphatic carbocycles. The van der Waals surface area contributed by atoms with Crippen LogP contribution in [-0.2, 0) is 6.42 Å². The zero-order valence-electron chi connectivity index (χ0n) is 15.0. The highest BCUT2D eigenvalue weighted by Crippen LogP contribution is 2.21. The van der Waals surface area contributed by atoms with Gasteiger partial charge in [0.25, 0.3) is 0 Å². The molecule has 21 heavy (non-hydrogen) atoms. The number of rotatable bonds is 8. The second-order valence-electron chi connectivity index (χ2n) is 7.82. The summed E-state index contributed by atoms with van der Waals surface area (Å²) < 4.78 is 0. The predicted molar refractivity (Wildman–Crippen MR) is 94.8 cm³/mol. The Bertz CT molecular complexity index is 403. The summed E-state index contributed by atoms with van der Waals surface area (Å²) in [5, 5.41) is 3.70. The summed E-state index contributed by atoms with van der Waals surface area (Å²) in [5.41, 5.74) is 3.06. The summed E-state index contributed by atoms with van der Waals surface area (Å²) in [7, 11) is 0. The van der Waals surface area contributed by atoms with Gasteiger partial charge in [-0.15, -0.1) is 0 Å². The Morgan fingerprint density at radius 2 is 1.90 bits per heavy atom. The van der Waals surface area contributed by atoms with Crippen molar-refractivity contribution in [3.05, 3.63) is 35.4 Å². The van der Waals surface area contributed by atoms with E-state index in [0.717, 1.165) is 18.4 Å². The second kappa shape index (κ2) is 8.58. The molecule has 0 saturated carbocycles. The molecular weight excluding hydrogens is 254 g/mol. The third-order valence-corrected chi connectivity index (χ3v) is 4.05. The van der Waals surface area contributed by atoms with Gasteiger partial charge in [0.2, 0.25) is 0 Å². The fourth-order valence-corrected chi connectivity index (χ4v) is 3.04. The van der Waals surface area contributed by atoms with Gasteiger partial charge < -0.3 is 5.32 Å². The summed E-state index contributed by atoms with van der Waals surface area (Å²) in [5.74, 6) is 1.55. The quantitative estimate of drug-likeness (QED) is 0.678. The molecule has 1 aromatic carbocycles. The van der Waals surface area contributed by atoms with Crippen molar-refractivity contribution in [3.63, 3.8) is 0 Å². The zero-order chi connectivity index (χ0) is 15.9. The fourth-order valence-electron chi connectivity index (χ4n) is 3.04. The molecule has 120 valence electrons. The van der Waals surface area contributed by atoms with Crippen LogP contribution in [0.15, 0.2) is 24.3 Å². The van der Waals surface area contributed by atoms with Crippen LogP contribution in [0.5, 0.6) is 0 Å². The Hall–Kier alpha value is -0.820. The van der Waals surface area contributed by atoms with E-state index in [4.69, 9.17) is 0 Å². The van der Waals surface area contributed by atoms with Crippen molar-refractivity contribution >= 4 is 0 Å². The van der Waals surface area contributed by atoms with Crippen LogP contribution in [0.25, 0.3) is 0 Å². The molecular formula is C20H35N. The lowest BCUT2D eigenvalue weighted by molar-refractivity contribution is 0.315. The minimum Gasteiger partial charge on any atom is -0.312 e. The van der Waals surface area contributed by atoms with Crippen molar-refractivity contribution in [2.45, 2.75) is 72.8 Å². The van der Waals surface area contributed by atoms with Crippen LogP contribution in [0.4, 0.5) is 0 Å². The molecule has 2 unspecified atom stereocenters. The summed E-state index contributed by atoms with van der Waals surface area (Å²) in [6, 6.07) is 9.00. The number of nitrogens with one attached hydrogen (secondary N) is 1. The van der Waals surface area contributed by atoms with Crippen LogP contribution < -0.4 is 5.32 Å². The minimum absolute atomic E-state index is 0.207. The van der Waals surface area contributed by atoms with Crippen molar-refractivity contribution in [1.82, 2.24) is 5.32 Å². The lowest BCUT2D eigenvalue weighted by Crippen LogP contribution is -2.40. The van der Waals surface area contributed by atoms with E-state index in [1.807, 2.05) is 0 Å². The van der Waals surface area contributed by atoms with Gasteiger partial charge in [0, 0.05) is 5.54 Å². The molecule has 1 rings (SSSR count). The maximum absolute atomic E-state index is 3.70. The van der Waals surface area contributed by atoms with E-state index in [1.165, 1.54) is 36.8 Å². The van der Waals surface area contributed by atoms with Crippen LogP contribution in [-0.4, -0.2) is 12.1 Å². The first kappa shape index (κ1) is 18.2. The van der Waals surface area contributed by atoms with Crippen molar-refractivity contribution in [1.29, 1.82) is 0 Å². The van der Waals surface area contributed by atoms with Gasteiger partial charge in [-0.25, -0.2) is 0 Å². The number of benzene rings is 1. The highest BCUT2D eigenvalue weighted by atomic mass is 14.9.